The molecule has 0 spiro atoms. The molecule has 1 aliphatic rings. The molecule has 3 aromatic rings. The number of fused-ring (bicyclic) bond motifs is 1. The van der Waals surface area contributed by atoms with Gasteiger partial charge >= 0.3 is 0 Å². The second-order valence-corrected chi connectivity index (χ2v) is 6.85. The third kappa shape index (κ3) is 3.72. The van der Waals surface area contributed by atoms with Crippen molar-refractivity contribution in [3.8, 4) is 11.1 Å². The normalized spacial score (nSPS) is 16.3. The molecule has 1 aromatic carbocycles. The van der Waals surface area contributed by atoms with Gasteiger partial charge in [0.1, 0.15) is 11.5 Å². The number of halogens is 1. The third-order valence-electron chi connectivity index (χ3n) is 4.69. The Balaban J connectivity index is 1.75. The van der Waals surface area contributed by atoms with Crippen LogP contribution >= 0.6 is 0 Å². The number of nitrogens with zero attached hydrogens (tertiary/aromatic N) is 1. The number of rotatable bonds is 4. The van der Waals surface area contributed by atoms with E-state index in [-0.39, 0.29) is 23.5 Å². The van der Waals surface area contributed by atoms with E-state index in [2.05, 4.69) is 15.3 Å². The summed E-state index contributed by atoms with van der Waals surface area (Å²) in [5.74, 6) is -1.33. The molecule has 6 nitrogen and oxygen atoms in total. The highest BCUT2D eigenvalue weighted by Crippen LogP contribution is 2.30. The van der Waals surface area contributed by atoms with Crippen LogP contribution in [0.15, 0.2) is 66.3 Å². The summed E-state index contributed by atoms with van der Waals surface area (Å²) in [6.07, 6.45) is 4.86. The summed E-state index contributed by atoms with van der Waals surface area (Å²) in [6, 6.07) is 9.05. The maximum absolute atomic E-state index is 14.2. The van der Waals surface area contributed by atoms with Crippen molar-refractivity contribution in [3.63, 3.8) is 0 Å². The largest absolute Gasteiger partial charge is 0.389 e. The fourth-order valence-corrected chi connectivity index (χ4v) is 3.33. The van der Waals surface area contributed by atoms with Crippen LogP contribution in [0.1, 0.15) is 23.7 Å². The van der Waals surface area contributed by atoms with E-state index in [4.69, 9.17) is 0 Å². The fraction of sp³-hybridized carbons (Fsp3) is 0.136. The number of aromatic nitrogens is 2. The van der Waals surface area contributed by atoms with Gasteiger partial charge in [0.05, 0.1) is 11.7 Å². The molecule has 0 radical (unpaired) electrons. The minimum atomic E-state index is -0.885. The molecule has 4 rings (SSSR count). The second-order valence-electron chi connectivity index (χ2n) is 6.85. The molecular weight excluding hydrogens is 373 g/mol. The number of aliphatic hydroxyl groups excluding tert-OH is 1. The molecule has 29 heavy (non-hydrogen) atoms. The number of benzene rings is 1. The molecule has 0 saturated heterocycles. The number of allylic oxidation sites excluding steroid dienone is 2. The molecule has 146 valence electrons. The van der Waals surface area contributed by atoms with Gasteiger partial charge in [-0.15, -0.1) is 0 Å². The lowest BCUT2D eigenvalue weighted by Crippen LogP contribution is -2.13. The standard InChI is InChI=1S/C22H18FN3O3/c1-12(27)26-15-4-2-3-13(7-15)14-8-17-19(11-25-22(17)24-10-14)21(29)18-9-16(28)5-6-20(18)23/h2-4,6-11,16,28H,5H2,1H3,(H,24,25)(H,26,27). The molecule has 0 saturated carbocycles. The van der Waals surface area contributed by atoms with Gasteiger partial charge in [-0.05, 0) is 42.3 Å². The number of carbonyl (C=O) groups excluding carboxylic acids is 2. The van der Waals surface area contributed by atoms with Crippen molar-refractivity contribution in [3.05, 3.63) is 71.8 Å². The Hall–Kier alpha value is -3.58. The molecule has 7 heteroatoms. The predicted molar refractivity (Wildman–Crippen MR) is 108 cm³/mol. The molecule has 2 heterocycles. The van der Waals surface area contributed by atoms with Crippen LogP contribution in [0.2, 0.25) is 0 Å². The van der Waals surface area contributed by atoms with E-state index in [9.17, 15) is 19.1 Å². The molecule has 3 N–H and O–H groups in total. The number of carbonyl (C=O) groups is 2. The van der Waals surface area contributed by atoms with Crippen LogP contribution < -0.4 is 5.32 Å². The third-order valence-corrected chi connectivity index (χ3v) is 4.69. The Morgan fingerprint density at radius 2 is 2.10 bits per heavy atom. The molecule has 0 aliphatic heterocycles. The molecule has 1 unspecified atom stereocenters. The Kier molecular flexibility index (Phi) is 4.82. The van der Waals surface area contributed by atoms with Crippen molar-refractivity contribution in [1.82, 2.24) is 9.97 Å². The van der Waals surface area contributed by atoms with Gasteiger partial charge < -0.3 is 15.4 Å². The van der Waals surface area contributed by atoms with Crippen LogP contribution in [0, 0.1) is 0 Å². The van der Waals surface area contributed by atoms with E-state index < -0.39 is 17.7 Å². The first-order chi connectivity index (χ1) is 13.9. The summed E-state index contributed by atoms with van der Waals surface area (Å²) in [4.78, 5) is 31.5. The summed E-state index contributed by atoms with van der Waals surface area (Å²) < 4.78 is 14.2. The molecule has 2 aromatic heterocycles. The number of nitrogens with one attached hydrogen (secondary N) is 2. The summed E-state index contributed by atoms with van der Waals surface area (Å²) in [6.45, 7) is 1.43. The zero-order valence-corrected chi connectivity index (χ0v) is 15.6. The highest BCUT2D eigenvalue weighted by Gasteiger charge is 2.24. The van der Waals surface area contributed by atoms with E-state index in [0.717, 1.165) is 11.1 Å². The first kappa shape index (κ1) is 18.8. The van der Waals surface area contributed by atoms with E-state index in [1.54, 1.807) is 24.4 Å². The minimum Gasteiger partial charge on any atom is -0.389 e. The first-order valence-electron chi connectivity index (χ1n) is 9.08. The van der Waals surface area contributed by atoms with Crippen molar-refractivity contribution < 1.29 is 19.1 Å². The Morgan fingerprint density at radius 1 is 1.28 bits per heavy atom. The number of hydrogen-bond donors (Lipinski definition) is 3. The van der Waals surface area contributed by atoms with Gasteiger partial charge in [0.25, 0.3) is 0 Å². The molecule has 1 amide bonds. The monoisotopic (exact) mass is 391 g/mol. The first-order valence-corrected chi connectivity index (χ1v) is 9.08. The second kappa shape index (κ2) is 7.44. The number of hydrogen-bond acceptors (Lipinski definition) is 4. The van der Waals surface area contributed by atoms with Crippen molar-refractivity contribution in [2.75, 3.05) is 5.32 Å². The van der Waals surface area contributed by atoms with Crippen molar-refractivity contribution >= 4 is 28.4 Å². The lowest BCUT2D eigenvalue weighted by Gasteiger charge is -2.12. The zero-order valence-electron chi connectivity index (χ0n) is 15.6. The molecular formula is C22H18FN3O3. The van der Waals surface area contributed by atoms with Gasteiger partial charge in [-0.25, -0.2) is 9.37 Å². The van der Waals surface area contributed by atoms with E-state index in [1.165, 1.54) is 25.3 Å². The highest BCUT2D eigenvalue weighted by molar-refractivity contribution is 6.18. The average Bonchev–Trinajstić information content (AvgIpc) is 3.12. The van der Waals surface area contributed by atoms with Gasteiger partial charge in [-0.3, -0.25) is 9.59 Å². The van der Waals surface area contributed by atoms with Crippen LogP contribution in [0.3, 0.4) is 0 Å². The molecule has 1 atom stereocenters. The van der Waals surface area contributed by atoms with Crippen LogP contribution in [-0.2, 0) is 4.79 Å². The molecule has 0 fully saturated rings. The van der Waals surface area contributed by atoms with Gasteiger partial charge in [-0.1, -0.05) is 12.1 Å². The minimum absolute atomic E-state index is 0.146. The van der Waals surface area contributed by atoms with Crippen LogP contribution in [0.25, 0.3) is 22.2 Å². The van der Waals surface area contributed by atoms with Crippen LogP contribution in [0.5, 0.6) is 0 Å². The number of anilines is 1. The zero-order chi connectivity index (χ0) is 20.5. The van der Waals surface area contributed by atoms with Crippen molar-refractivity contribution in [1.29, 1.82) is 0 Å². The quantitative estimate of drug-likeness (QED) is 0.588. The van der Waals surface area contributed by atoms with Crippen molar-refractivity contribution in [2.24, 2.45) is 0 Å². The van der Waals surface area contributed by atoms with Gasteiger partial charge in [0.2, 0.25) is 5.91 Å². The maximum atomic E-state index is 14.2. The van der Waals surface area contributed by atoms with Gasteiger partial charge in [0.15, 0.2) is 5.78 Å². The fourth-order valence-electron chi connectivity index (χ4n) is 3.33. The van der Waals surface area contributed by atoms with Crippen molar-refractivity contribution in [2.45, 2.75) is 19.4 Å². The number of aliphatic hydroxyl groups is 1. The Bertz CT molecular complexity index is 1190. The van der Waals surface area contributed by atoms with E-state index in [0.29, 0.717) is 16.7 Å². The van der Waals surface area contributed by atoms with Gasteiger partial charge in [0, 0.05) is 41.5 Å². The lowest BCUT2D eigenvalue weighted by atomic mass is 9.95. The Labute approximate surface area is 165 Å². The molecule has 0 bridgehead atoms. The van der Waals surface area contributed by atoms with Gasteiger partial charge in [-0.2, -0.15) is 0 Å². The SMILES string of the molecule is CC(=O)Nc1cccc(-c2cnc3[nH]cc(C(=O)C4=CC(O)CC=C4F)c3c2)c1. The number of H-pyrrole nitrogens is 1. The summed E-state index contributed by atoms with van der Waals surface area (Å²) in [5, 5.41) is 13.0. The topological polar surface area (TPSA) is 95.1 Å². The smallest absolute Gasteiger partial charge is 0.221 e. The average molecular weight is 391 g/mol. The number of pyridine rings is 1. The van der Waals surface area contributed by atoms with Crippen LogP contribution in [0.4, 0.5) is 10.1 Å². The number of ketones is 1. The van der Waals surface area contributed by atoms with E-state index in [1.807, 2.05) is 12.1 Å². The maximum Gasteiger partial charge on any atom is 0.221 e. The summed E-state index contributed by atoms with van der Waals surface area (Å²) >= 11 is 0. The summed E-state index contributed by atoms with van der Waals surface area (Å²) in [7, 11) is 0. The summed E-state index contributed by atoms with van der Waals surface area (Å²) in [5.41, 5.74) is 2.82. The number of amides is 1. The molecule has 1 aliphatic carbocycles. The lowest BCUT2D eigenvalue weighted by molar-refractivity contribution is -0.114. The highest BCUT2D eigenvalue weighted by atomic mass is 19.1. The number of aromatic amines is 1. The predicted octanol–water partition coefficient (Wildman–Crippen LogP) is 3.92. The van der Waals surface area contributed by atoms with E-state index >= 15 is 0 Å². The Morgan fingerprint density at radius 3 is 2.90 bits per heavy atom. The van der Waals surface area contributed by atoms with Crippen LogP contribution in [-0.4, -0.2) is 32.9 Å². The number of Topliss-reactive ketones (excluding diaryl/α,β-unsaturated/α-hetero) is 1.